The molecule has 0 bridgehead atoms. The number of rotatable bonds is 6. The lowest BCUT2D eigenvalue weighted by Gasteiger charge is -2.18. The van der Waals surface area contributed by atoms with Crippen LogP contribution in [0.2, 0.25) is 0 Å². The van der Waals surface area contributed by atoms with Gasteiger partial charge in [0, 0.05) is 17.5 Å². The Morgan fingerprint density at radius 1 is 1.35 bits per heavy atom. The van der Waals surface area contributed by atoms with Gasteiger partial charge < -0.3 is 10.4 Å². The second kappa shape index (κ2) is 6.92. The van der Waals surface area contributed by atoms with Crippen molar-refractivity contribution in [2.75, 3.05) is 0 Å². The van der Waals surface area contributed by atoms with Crippen molar-refractivity contribution in [1.29, 1.82) is 0 Å². The van der Waals surface area contributed by atoms with Crippen LogP contribution in [-0.4, -0.2) is 16.1 Å². The van der Waals surface area contributed by atoms with E-state index < -0.39 is 6.10 Å². The van der Waals surface area contributed by atoms with Crippen LogP contribution in [0.3, 0.4) is 0 Å². The van der Waals surface area contributed by atoms with Crippen LogP contribution in [0.4, 0.5) is 4.39 Å². The smallest absolute Gasteiger partial charge is 0.123 e. The highest BCUT2D eigenvalue weighted by Crippen LogP contribution is 2.19. The number of hydrogen-bond acceptors (Lipinski definition) is 4. The topological polar surface area (TPSA) is 45.2 Å². The van der Waals surface area contributed by atoms with E-state index in [-0.39, 0.29) is 11.9 Å². The first-order chi connectivity index (χ1) is 9.56. The van der Waals surface area contributed by atoms with Gasteiger partial charge in [-0.2, -0.15) is 0 Å². The third kappa shape index (κ3) is 4.10. The van der Waals surface area contributed by atoms with Crippen LogP contribution in [0.1, 0.15) is 35.6 Å². The summed E-state index contributed by atoms with van der Waals surface area (Å²) in [5.41, 5.74) is 3.63. The largest absolute Gasteiger partial charge is 0.388 e. The van der Waals surface area contributed by atoms with E-state index >= 15 is 0 Å². The first-order valence-electron chi connectivity index (χ1n) is 6.62. The fraction of sp³-hybridized carbons (Fsp3) is 0.400. The monoisotopic (exact) mass is 294 g/mol. The lowest BCUT2D eigenvalue weighted by atomic mass is 10.0. The van der Waals surface area contributed by atoms with Crippen molar-refractivity contribution in [1.82, 2.24) is 10.3 Å². The number of aromatic nitrogens is 1. The molecule has 0 unspecified atom stereocenters. The van der Waals surface area contributed by atoms with Gasteiger partial charge in [-0.05, 0) is 38.0 Å². The third-order valence-electron chi connectivity index (χ3n) is 3.29. The van der Waals surface area contributed by atoms with Crippen LogP contribution < -0.4 is 5.32 Å². The zero-order valence-electron chi connectivity index (χ0n) is 11.6. The van der Waals surface area contributed by atoms with Crippen molar-refractivity contribution in [2.24, 2.45) is 0 Å². The molecule has 0 saturated carbocycles. The van der Waals surface area contributed by atoms with E-state index in [4.69, 9.17) is 0 Å². The lowest BCUT2D eigenvalue weighted by Crippen LogP contribution is -2.27. The van der Waals surface area contributed by atoms with Gasteiger partial charge in [-0.1, -0.05) is 12.1 Å². The highest BCUT2D eigenvalue weighted by atomic mass is 32.1. The fourth-order valence-corrected chi connectivity index (χ4v) is 2.73. The number of hydrogen-bond donors (Lipinski definition) is 2. The summed E-state index contributed by atoms with van der Waals surface area (Å²) in [5.74, 6) is -0.284. The van der Waals surface area contributed by atoms with Crippen LogP contribution in [0.25, 0.3) is 0 Å². The fourth-order valence-electron chi connectivity index (χ4n) is 2.00. The Bertz CT molecular complexity index is 541. The molecule has 0 radical (unpaired) electrons. The zero-order chi connectivity index (χ0) is 14.5. The number of benzene rings is 1. The highest BCUT2D eigenvalue weighted by molar-refractivity contribution is 7.09. The average molecular weight is 294 g/mol. The molecule has 0 spiro atoms. The molecule has 0 aliphatic heterocycles. The maximum atomic E-state index is 12.8. The molecule has 20 heavy (non-hydrogen) atoms. The predicted octanol–water partition coefficient (Wildman–Crippen LogP) is 3.19. The van der Waals surface area contributed by atoms with Crippen molar-refractivity contribution in [3.63, 3.8) is 0 Å². The van der Waals surface area contributed by atoms with Crippen molar-refractivity contribution in [3.8, 4) is 0 Å². The Morgan fingerprint density at radius 3 is 2.65 bits per heavy atom. The first kappa shape index (κ1) is 15.1. The first-order valence-corrected chi connectivity index (χ1v) is 7.50. The minimum atomic E-state index is -0.583. The number of aliphatic hydroxyl groups is 1. The van der Waals surface area contributed by atoms with Gasteiger partial charge in [0.15, 0.2) is 0 Å². The molecular formula is C15H19FN2OS. The highest BCUT2D eigenvalue weighted by Gasteiger charge is 2.13. The molecule has 0 fully saturated rings. The van der Waals surface area contributed by atoms with Gasteiger partial charge in [-0.15, -0.1) is 11.3 Å². The number of thiazole rings is 1. The van der Waals surface area contributed by atoms with Crippen molar-refractivity contribution >= 4 is 11.3 Å². The van der Waals surface area contributed by atoms with Crippen molar-refractivity contribution < 1.29 is 9.50 Å². The van der Waals surface area contributed by atoms with Gasteiger partial charge in [0.05, 0.1) is 17.3 Å². The molecule has 1 aromatic carbocycles. The number of nitrogens with one attached hydrogen (secondary N) is 1. The molecule has 5 heteroatoms. The summed E-state index contributed by atoms with van der Waals surface area (Å²) in [6.45, 7) is 4.78. The SMILES string of the molecule is Cc1ncsc1CN[C@@H](C)C[C@@H](O)c1ccc(F)cc1. The maximum absolute atomic E-state index is 12.8. The minimum absolute atomic E-state index is 0.163. The normalized spacial score (nSPS) is 14.2. The Kier molecular flexibility index (Phi) is 5.23. The summed E-state index contributed by atoms with van der Waals surface area (Å²) >= 11 is 1.63. The molecule has 2 rings (SSSR count). The van der Waals surface area contributed by atoms with Crippen LogP contribution in [0, 0.1) is 12.7 Å². The summed E-state index contributed by atoms with van der Waals surface area (Å²) < 4.78 is 12.8. The van der Waals surface area contributed by atoms with Crippen LogP contribution in [-0.2, 0) is 6.54 Å². The average Bonchev–Trinajstić information content (AvgIpc) is 2.82. The second-order valence-electron chi connectivity index (χ2n) is 4.95. The molecular weight excluding hydrogens is 275 g/mol. The Morgan fingerprint density at radius 2 is 2.05 bits per heavy atom. The number of nitrogens with zero attached hydrogens (tertiary/aromatic N) is 1. The molecule has 0 aliphatic rings. The van der Waals surface area contributed by atoms with E-state index in [1.54, 1.807) is 23.5 Å². The third-order valence-corrected chi connectivity index (χ3v) is 4.22. The maximum Gasteiger partial charge on any atom is 0.123 e. The molecule has 0 aliphatic carbocycles. The standard InChI is InChI=1S/C15H19FN2OS/c1-10(17-8-15-11(2)18-9-20-15)7-14(19)12-3-5-13(16)6-4-12/h3-6,9-10,14,17,19H,7-8H2,1-2H3/t10-,14+/m0/s1. The number of aliphatic hydroxyl groups excluding tert-OH is 1. The summed E-state index contributed by atoms with van der Waals surface area (Å²) in [6.07, 6.45) is 0.00407. The van der Waals surface area contributed by atoms with Crippen molar-refractivity contribution in [2.45, 2.75) is 39.0 Å². The van der Waals surface area contributed by atoms with E-state index in [0.717, 1.165) is 17.8 Å². The molecule has 2 N–H and O–H groups in total. The summed E-state index contributed by atoms with van der Waals surface area (Å²) in [7, 11) is 0. The molecule has 0 amide bonds. The molecule has 1 aromatic heterocycles. The van der Waals surface area contributed by atoms with E-state index in [9.17, 15) is 9.50 Å². The Hall–Kier alpha value is -1.30. The van der Waals surface area contributed by atoms with Gasteiger partial charge in [0.1, 0.15) is 5.82 Å². The summed E-state index contributed by atoms with van der Waals surface area (Å²) in [4.78, 5) is 5.42. The van der Waals surface area contributed by atoms with Crippen LogP contribution in [0.5, 0.6) is 0 Å². The van der Waals surface area contributed by atoms with E-state index in [2.05, 4.69) is 10.3 Å². The van der Waals surface area contributed by atoms with Crippen molar-refractivity contribution in [3.05, 3.63) is 51.7 Å². The zero-order valence-corrected chi connectivity index (χ0v) is 12.5. The molecule has 2 aromatic rings. The van der Waals surface area contributed by atoms with Crippen LogP contribution in [0.15, 0.2) is 29.8 Å². The predicted molar refractivity (Wildman–Crippen MR) is 79.1 cm³/mol. The molecule has 0 saturated heterocycles. The van der Waals surface area contributed by atoms with E-state index in [1.807, 2.05) is 19.4 Å². The minimum Gasteiger partial charge on any atom is -0.388 e. The van der Waals surface area contributed by atoms with Crippen LogP contribution >= 0.6 is 11.3 Å². The van der Waals surface area contributed by atoms with E-state index in [1.165, 1.54) is 17.0 Å². The van der Waals surface area contributed by atoms with Gasteiger partial charge in [0.2, 0.25) is 0 Å². The molecule has 108 valence electrons. The quantitative estimate of drug-likeness (QED) is 0.860. The number of halogens is 1. The summed E-state index contributed by atoms with van der Waals surface area (Å²) in [5, 5.41) is 13.5. The molecule has 1 heterocycles. The van der Waals surface area contributed by atoms with Gasteiger partial charge in [0.25, 0.3) is 0 Å². The Balaban J connectivity index is 1.83. The van der Waals surface area contributed by atoms with Gasteiger partial charge in [-0.3, -0.25) is 0 Å². The number of aryl methyl sites for hydroxylation is 1. The van der Waals surface area contributed by atoms with Gasteiger partial charge in [-0.25, -0.2) is 9.37 Å². The molecule has 3 nitrogen and oxygen atoms in total. The lowest BCUT2D eigenvalue weighted by molar-refractivity contribution is 0.154. The van der Waals surface area contributed by atoms with E-state index in [0.29, 0.717) is 6.42 Å². The van der Waals surface area contributed by atoms with Gasteiger partial charge >= 0.3 is 0 Å². The summed E-state index contributed by atoms with van der Waals surface area (Å²) in [6, 6.07) is 6.16. The molecule has 2 atom stereocenters. The Labute approximate surface area is 122 Å². The second-order valence-corrected chi connectivity index (χ2v) is 5.89.